The van der Waals surface area contributed by atoms with Crippen LogP contribution in [0.25, 0.3) is 0 Å². The smallest absolute Gasteiger partial charge is 0.305 e. The Bertz CT molecular complexity index is 966. The molecule has 1 amide bonds. The minimum Gasteiger partial charge on any atom is -0.466 e. The number of amides is 1. The van der Waals surface area contributed by atoms with Gasteiger partial charge in [0, 0.05) is 12.8 Å². The van der Waals surface area contributed by atoms with Gasteiger partial charge in [0.25, 0.3) is 0 Å². The van der Waals surface area contributed by atoms with Crippen LogP contribution in [0.15, 0.2) is 24.3 Å². The fourth-order valence-corrected chi connectivity index (χ4v) is 8.45. The normalized spacial score (nSPS) is 12.8. The van der Waals surface area contributed by atoms with Gasteiger partial charge in [0.05, 0.1) is 25.4 Å². The molecule has 0 aliphatic heterocycles. The van der Waals surface area contributed by atoms with Crippen molar-refractivity contribution in [2.75, 3.05) is 13.2 Å². The quantitative estimate of drug-likeness (QED) is 0.0321. The number of aliphatic hydroxyl groups excluding tert-OH is 2. The zero-order valence-corrected chi connectivity index (χ0v) is 41.6. The van der Waals surface area contributed by atoms with E-state index in [9.17, 15) is 19.8 Å². The number of hydrogen-bond donors (Lipinski definition) is 3. The molecule has 0 saturated heterocycles. The van der Waals surface area contributed by atoms with Gasteiger partial charge in [-0.1, -0.05) is 250 Å². The molecular formula is C56H107NO5. The molecule has 2 unspecified atom stereocenters. The van der Waals surface area contributed by atoms with Crippen LogP contribution in [0.3, 0.4) is 0 Å². The molecule has 0 heterocycles. The van der Waals surface area contributed by atoms with E-state index in [1.165, 1.54) is 212 Å². The third-order valence-corrected chi connectivity index (χ3v) is 12.7. The van der Waals surface area contributed by atoms with E-state index < -0.39 is 12.1 Å². The van der Waals surface area contributed by atoms with Gasteiger partial charge in [0.15, 0.2) is 0 Å². The fraction of sp³-hybridized carbons (Fsp3) is 0.893. The molecule has 0 rings (SSSR count). The monoisotopic (exact) mass is 874 g/mol. The maximum Gasteiger partial charge on any atom is 0.305 e. The molecule has 3 N–H and O–H groups in total. The van der Waals surface area contributed by atoms with E-state index in [0.717, 1.165) is 57.8 Å². The topological polar surface area (TPSA) is 95.9 Å². The van der Waals surface area contributed by atoms with Crippen LogP contribution in [-0.4, -0.2) is 47.4 Å². The third kappa shape index (κ3) is 47.8. The zero-order valence-electron chi connectivity index (χ0n) is 41.6. The first-order valence-corrected chi connectivity index (χ1v) is 27.6. The van der Waals surface area contributed by atoms with Crippen molar-refractivity contribution in [2.45, 2.75) is 309 Å². The Morgan fingerprint density at radius 3 is 1.18 bits per heavy atom. The number of carbonyl (C=O) groups excluding carboxylic acids is 2. The largest absolute Gasteiger partial charge is 0.466 e. The molecule has 6 nitrogen and oxygen atoms in total. The summed E-state index contributed by atoms with van der Waals surface area (Å²) in [6, 6.07) is -0.645. The van der Waals surface area contributed by atoms with Gasteiger partial charge in [-0.2, -0.15) is 0 Å². The van der Waals surface area contributed by atoms with Crippen LogP contribution in [0.5, 0.6) is 0 Å². The molecule has 0 aliphatic carbocycles. The third-order valence-electron chi connectivity index (χ3n) is 12.7. The zero-order chi connectivity index (χ0) is 45.1. The predicted molar refractivity (Wildman–Crippen MR) is 269 cm³/mol. The lowest BCUT2D eigenvalue weighted by molar-refractivity contribution is -0.143. The number of esters is 1. The minimum atomic E-state index is -0.860. The van der Waals surface area contributed by atoms with Crippen molar-refractivity contribution in [3.05, 3.63) is 24.3 Å². The Kier molecular flexibility index (Phi) is 50.6. The lowest BCUT2D eigenvalue weighted by Crippen LogP contribution is -2.45. The highest BCUT2D eigenvalue weighted by atomic mass is 16.5. The molecule has 0 spiro atoms. The van der Waals surface area contributed by atoms with Gasteiger partial charge in [0.2, 0.25) is 5.91 Å². The summed E-state index contributed by atoms with van der Waals surface area (Å²) in [5.41, 5.74) is 0. The van der Waals surface area contributed by atoms with Crippen molar-refractivity contribution in [3.8, 4) is 0 Å². The van der Waals surface area contributed by atoms with Crippen molar-refractivity contribution in [1.82, 2.24) is 5.32 Å². The SMILES string of the molecule is CCCCC/C=C\CCCCCCCC(=O)OCCCCCCCCCCCCC(=O)NC(CO)C(O)/C=C/CCCCCCCCCCCCCCCCCCCCCCC. The van der Waals surface area contributed by atoms with Crippen LogP contribution in [-0.2, 0) is 14.3 Å². The van der Waals surface area contributed by atoms with E-state index in [4.69, 9.17) is 4.74 Å². The maximum atomic E-state index is 12.5. The van der Waals surface area contributed by atoms with E-state index >= 15 is 0 Å². The van der Waals surface area contributed by atoms with Gasteiger partial charge in [-0.25, -0.2) is 0 Å². The molecule has 366 valence electrons. The van der Waals surface area contributed by atoms with Crippen LogP contribution in [0.2, 0.25) is 0 Å². The number of allylic oxidation sites excluding steroid dienone is 3. The van der Waals surface area contributed by atoms with Crippen molar-refractivity contribution in [3.63, 3.8) is 0 Å². The highest BCUT2D eigenvalue weighted by Gasteiger charge is 2.18. The summed E-state index contributed by atoms with van der Waals surface area (Å²) in [6.45, 7) is 4.84. The summed E-state index contributed by atoms with van der Waals surface area (Å²) in [6.07, 6.45) is 61.9. The van der Waals surface area contributed by atoms with Crippen LogP contribution in [0.1, 0.15) is 296 Å². The van der Waals surface area contributed by atoms with Gasteiger partial charge < -0.3 is 20.3 Å². The Hall–Kier alpha value is -1.66. The number of rotatable bonds is 51. The van der Waals surface area contributed by atoms with E-state index in [1.54, 1.807) is 6.08 Å². The number of unbranched alkanes of at least 4 members (excludes halogenated alkanes) is 38. The summed E-state index contributed by atoms with van der Waals surface area (Å²) >= 11 is 0. The van der Waals surface area contributed by atoms with Crippen LogP contribution < -0.4 is 5.32 Å². The van der Waals surface area contributed by atoms with Gasteiger partial charge in [-0.3, -0.25) is 9.59 Å². The second kappa shape index (κ2) is 52.0. The lowest BCUT2D eigenvalue weighted by Gasteiger charge is -2.20. The number of aliphatic hydroxyl groups is 2. The maximum absolute atomic E-state index is 12.5. The molecule has 0 saturated carbocycles. The Balaban J connectivity index is 3.52. The molecular weight excluding hydrogens is 767 g/mol. The number of carbonyl (C=O) groups is 2. The number of ether oxygens (including phenoxy) is 1. The first kappa shape index (κ1) is 60.3. The molecule has 0 aliphatic rings. The highest BCUT2D eigenvalue weighted by Crippen LogP contribution is 2.17. The van der Waals surface area contributed by atoms with E-state index in [1.807, 2.05) is 6.08 Å². The molecule has 6 heteroatoms. The van der Waals surface area contributed by atoms with Crippen molar-refractivity contribution < 1.29 is 24.5 Å². The van der Waals surface area contributed by atoms with E-state index in [-0.39, 0.29) is 18.5 Å². The molecule has 0 aromatic heterocycles. The first-order chi connectivity index (χ1) is 30.5. The second-order valence-electron chi connectivity index (χ2n) is 18.9. The van der Waals surface area contributed by atoms with Crippen molar-refractivity contribution in [2.24, 2.45) is 0 Å². The minimum absolute atomic E-state index is 0.0305. The molecule has 0 fully saturated rings. The van der Waals surface area contributed by atoms with Gasteiger partial charge in [-0.05, 0) is 57.8 Å². The number of hydrogen-bond acceptors (Lipinski definition) is 5. The highest BCUT2D eigenvalue weighted by molar-refractivity contribution is 5.76. The molecule has 0 bridgehead atoms. The number of nitrogens with one attached hydrogen (secondary N) is 1. The summed E-state index contributed by atoms with van der Waals surface area (Å²) in [7, 11) is 0. The van der Waals surface area contributed by atoms with Crippen LogP contribution >= 0.6 is 0 Å². The molecule has 2 atom stereocenters. The molecule has 0 aromatic rings. The summed E-state index contributed by atoms with van der Waals surface area (Å²) in [4.78, 5) is 24.5. The summed E-state index contributed by atoms with van der Waals surface area (Å²) in [5.74, 6) is -0.119. The van der Waals surface area contributed by atoms with E-state index in [2.05, 4.69) is 31.3 Å². The standard InChI is InChI=1S/C56H107NO5/c1-3-5-7-9-11-13-15-17-18-19-20-21-22-23-24-25-26-27-28-32-36-40-44-48-54(59)53(52-58)57-55(60)49-45-41-37-33-30-31-35-39-43-47-51-62-56(61)50-46-42-38-34-29-16-14-12-10-8-6-4-2/h12,14,44,48,53-54,58-59H,3-11,13,15-43,45-47,49-52H2,1-2H3,(H,57,60)/b14-12-,48-44+. The van der Waals surface area contributed by atoms with Gasteiger partial charge in [0.1, 0.15) is 0 Å². The molecule has 0 radical (unpaired) electrons. The van der Waals surface area contributed by atoms with E-state index in [0.29, 0.717) is 19.4 Å². The fourth-order valence-electron chi connectivity index (χ4n) is 8.45. The summed E-state index contributed by atoms with van der Waals surface area (Å²) in [5, 5.41) is 23.1. The average molecular weight is 874 g/mol. The average Bonchev–Trinajstić information content (AvgIpc) is 3.27. The van der Waals surface area contributed by atoms with Gasteiger partial charge in [-0.15, -0.1) is 0 Å². The summed E-state index contributed by atoms with van der Waals surface area (Å²) < 4.78 is 5.44. The van der Waals surface area contributed by atoms with Crippen LogP contribution in [0.4, 0.5) is 0 Å². The van der Waals surface area contributed by atoms with Crippen molar-refractivity contribution >= 4 is 11.9 Å². The Morgan fingerprint density at radius 2 is 0.758 bits per heavy atom. The van der Waals surface area contributed by atoms with Crippen molar-refractivity contribution in [1.29, 1.82) is 0 Å². The molecule has 0 aromatic carbocycles. The predicted octanol–water partition coefficient (Wildman–Crippen LogP) is 16.7. The van der Waals surface area contributed by atoms with Crippen LogP contribution in [0, 0.1) is 0 Å². The first-order valence-electron chi connectivity index (χ1n) is 27.6. The van der Waals surface area contributed by atoms with Gasteiger partial charge >= 0.3 is 5.97 Å². The lowest BCUT2D eigenvalue weighted by atomic mass is 10.0. The second-order valence-corrected chi connectivity index (χ2v) is 18.9. The Labute approximate surface area is 386 Å². The Morgan fingerprint density at radius 1 is 0.435 bits per heavy atom. The molecule has 62 heavy (non-hydrogen) atoms.